The Bertz CT molecular complexity index is 1410. The van der Waals surface area contributed by atoms with Gasteiger partial charge in [0.15, 0.2) is 5.96 Å². The third-order valence-corrected chi connectivity index (χ3v) is 7.84. The number of guanidine groups is 1. The summed E-state index contributed by atoms with van der Waals surface area (Å²) in [4.78, 5) is 66.3. The van der Waals surface area contributed by atoms with Crippen molar-refractivity contribution in [2.45, 2.75) is 56.7 Å². The Labute approximate surface area is 306 Å². The highest BCUT2D eigenvalue weighted by molar-refractivity contribution is 9.10. The van der Waals surface area contributed by atoms with E-state index in [1.54, 1.807) is 24.3 Å². The molecule has 0 unspecified atom stereocenters. The van der Waals surface area contributed by atoms with Gasteiger partial charge in [-0.1, -0.05) is 58.4 Å². The molecule has 5 amide bonds. The molecule has 0 saturated heterocycles. The highest BCUT2D eigenvalue weighted by Crippen LogP contribution is 2.13. The lowest BCUT2D eigenvalue weighted by atomic mass is 10.0. The average Bonchev–Trinajstić information content (AvgIpc) is 3.10. The average molecular weight is 777 g/mol. The minimum Gasteiger partial charge on any atom is -0.377 e. The maximum Gasteiger partial charge on any atom is 0.243 e. The van der Waals surface area contributed by atoms with Gasteiger partial charge in [-0.25, -0.2) is 0 Å². The fraction of sp³-hybridized carbons (Fsp3) is 0.471. The summed E-state index contributed by atoms with van der Waals surface area (Å²) in [6.07, 6.45) is 0.875. The number of halogens is 1. The lowest BCUT2D eigenvalue weighted by Crippen LogP contribution is -2.53. The zero-order chi connectivity index (χ0) is 37.4. The van der Waals surface area contributed by atoms with E-state index in [4.69, 9.17) is 32.4 Å². The van der Waals surface area contributed by atoms with E-state index < -0.39 is 35.8 Å². The molecule has 0 aliphatic carbocycles. The number of primary amides is 1. The number of carbonyl (C=O) groups excluding carboxylic acids is 5. The van der Waals surface area contributed by atoms with Gasteiger partial charge in [0.1, 0.15) is 12.1 Å². The molecule has 0 heterocycles. The molecule has 2 rings (SSSR count). The first kappa shape index (κ1) is 42.6. The quantitative estimate of drug-likeness (QED) is 0.0351. The Morgan fingerprint density at radius 3 is 1.94 bits per heavy atom. The molecule has 0 aliphatic heterocycles. The van der Waals surface area contributed by atoms with Gasteiger partial charge in [0.25, 0.3) is 0 Å². The minimum atomic E-state index is -1.04. The van der Waals surface area contributed by atoms with E-state index in [-0.39, 0.29) is 69.8 Å². The lowest BCUT2D eigenvalue weighted by Gasteiger charge is -2.22. The fourth-order valence-corrected chi connectivity index (χ4v) is 4.90. The molecule has 0 fully saturated rings. The van der Waals surface area contributed by atoms with Gasteiger partial charge in [-0.05, 0) is 42.5 Å². The van der Waals surface area contributed by atoms with Crippen molar-refractivity contribution in [1.82, 2.24) is 21.3 Å². The van der Waals surface area contributed by atoms with E-state index in [9.17, 15) is 24.0 Å². The van der Waals surface area contributed by atoms with Gasteiger partial charge in [-0.2, -0.15) is 0 Å². The van der Waals surface area contributed by atoms with Crippen LogP contribution in [0.5, 0.6) is 0 Å². The zero-order valence-electron chi connectivity index (χ0n) is 28.6. The predicted molar refractivity (Wildman–Crippen MR) is 196 cm³/mol. The van der Waals surface area contributed by atoms with E-state index in [2.05, 4.69) is 42.2 Å². The van der Waals surface area contributed by atoms with Crippen molar-refractivity contribution in [3.63, 3.8) is 0 Å². The maximum absolute atomic E-state index is 13.2. The molecule has 12 N–H and O–H groups in total. The van der Waals surface area contributed by atoms with Crippen molar-refractivity contribution >= 4 is 51.4 Å². The van der Waals surface area contributed by atoms with Crippen LogP contribution in [0.3, 0.4) is 0 Å². The Balaban J connectivity index is 1.66. The van der Waals surface area contributed by atoms with Crippen molar-refractivity contribution in [3.8, 4) is 0 Å². The zero-order valence-corrected chi connectivity index (χ0v) is 30.2. The van der Waals surface area contributed by atoms with E-state index >= 15 is 0 Å². The van der Waals surface area contributed by atoms with Crippen LogP contribution in [0.15, 0.2) is 64.1 Å². The van der Waals surface area contributed by atoms with Gasteiger partial charge < -0.3 is 53.7 Å². The van der Waals surface area contributed by atoms with Gasteiger partial charge >= 0.3 is 0 Å². The second-order valence-electron chi connectivity index (χ2n) is 11.5. The number of amides is 5. The van der Waals surface area contributed by atoms with E-state index in [1.807, 2.05) is 30.3 Å². The van der Waals surface area contributed by atoms with Crippen molar-refractivity contribution in [2.75, 3.05) is 46.1 Å². The van der Waals surface area contributed by atoms with Crippen molar-refractivity contribution in [3.05, 3.63) is 70.2 Å². The first-order valence-electron chi connectivity index (χ1n) is 16.6. The summed E-state index contributed by atoms with van der Waals surface area (Å²) in [5, 5.41) is 10.7. The molecule has 0 radical (unpaired) electrons. The van der Waals surface area contributed by atoms with Crippen LogP contribution in [0.1, 0.15) is 36.8 Å². The molecule has 2 aromatic rings. The molecule has 0 aromatic heterocycles. The summed E-state index contributed by atoms with van der Waals surface area (Å²) in [5.74, 6) is -2.57. The number of nitrogens with two attached hydrogens (primary N) is 4. The number of ether oxygens (including phenoxy) is 2. The molecule has 0 saturated carbocycles. The van der Waals surface area contributed by atoms with Gasteiger partial charge in [-0.3, -0.25) is 29.0 Å². The van der Waals surface area contributed by atoms with Crippen molar-refractivity contribution in [1.29, 1.82) is 0 Å². The summed E-state index contributed by atoms with van der Waals surface area (Å²) in [6, 6.07) is 14.0. The first-order valence-corrected chi connectivity index (χ1v) is 17.4. The fourth-order valence-electron chi connectivity index (χ4n) is 4.63. The number of nitrogens with one attached hydrogen (secondary N) is 4. The third-order valence-electron chi connectivity index (χ3n) is 7.31. The summed E-state index contributed by atoms with van der Waals surface area (Å²) in [5.41, 5.74) is 23.9. The number of nitrogens with zero attached hydrogens (tertiary/aromatic N) is 1. The van der Waals surface area contributed by atoms with Crippen LogP contribution in [0.2, 0.25) is 0 Å². The van der Waals surface area contributed by atoms with Gasteiger partial charge in [0.05, 0.1) is 32.5 Å². The molecule has 51 heavy (non-hydrogen) atoms. The highest BCUT2D eigenvalue weighted by Gasteiger charge is 2.26. The molecular weight excluding hydrogens is 726 g/mol. The molecule has 0 spiro atoms. The van der Waals surface area contributed by atoms with Crippen LogP contribution in [0.25, 0.3) is 0 Å². The third kappa shape index (κ3) is 19.4. The monoisotopic (exact) mass is 775 g/mol. The second kappa shape index (κ2) is 24.5. The van der Waals surface area contributed by atoms with Gasteiger partial charge in [0, 0.05) is 43.4 Å². The molecule has 16 nitrogen and oxygen atoms in total. The van der Waals surface area contributed by atoms with Crippen LogP contribution in [-0.2, 0) is 46.3 Å². The first-order chi connectivity index (χ1) is 24.4. The Morgan fingerprint density at radius 1 is 0.706 bits per heavy atom. The smallest absolute Gasteiger partial charge is 0.243 e. The van der Waals surface area contributed by atoms with Crippen LogP contribution >= 0.6 is 15.9 Å². The van der Waals surface area contributed by atoms with Crippen LogP contribution in [0.4, 0.5) is 0 Å². The van der Waals surface area contributed by atoms with E-state index in [0.717, 1.165) is 15.6 Å². The second-order valence-corrected chi connectivity index (χ2v) is 12.4. The molecule has 0 aliphatic rings. The van der Waals surface area contributed by atoms with Crippen LogP contribution < -0.4 is 44.2 Å². The summed E-state index contributed by atoms with van der Waals surface area (Å²) in [6.45, 7) is 1.90. The lowest BCUT2D eigenvalue weighted by molar-refractivity contribution is -0.132. The predicted octanol–water partition coefficient (Wildman–Crippen LogP) is -0.884. The highest BCUT2D eigenvalue weighted by atomic mass is 79.9. The normalized spacial score (nSPS) is 12.5. The number of aliphatic imine (C=N–C) groups is 1. The number of benzene rings is 2. The molecule has 0 bridgehead atoms. The van der Waals surface area contributed by atoms with E-state index in [1.165, 1.54) is 0 Å². The standard InChI is InChI=1S/C34H50BrN9O7/c35-25-10-8-24(9-11-25)22-28(33(49)44-27(31(37)47)7-4-14-42-34(38)39)43-30(46)13-12-29(45)40-15-17-50-19-20-51-18-16-41-32(48)26(36)21-23-5-2-1-3-6-23/h1-3,5-6,8-11,26-28H,4,7,12-22,36H2,(H2,37,47)(H,40,45)(H,41,48)(H,43,46)(H,44,49)(H4,38,39,42)/t26-,27-,28-/m0/s1. The van der Waals surface area contributed by atoms with Crippen LogP contribution in [0, 0.1) is 0 Å². The van der Waals surface area contributed by atoms with Crippen molar-refractivity contribution in [2.24, 2.45) is 27.9 Å². The Morgan fingerprint density at radius 2 is 1.31 bits per heavy atom. The van der Waals surface area contributed by atoms with Gasteiger partial charge in [-0.15, -0.1) is 0 Å². The molecule has 2 aromatic carbocycles. The largest absolute Gasteiger partial charge is 0.377 e. The molecule has 280 valence electrons. The Hall–Kier alpha value is -4.58. The summed E-state index contributed by atoms with van der Waals surface area (Å²) in [7, 11) is 0. The molecule has 17 heteroatoms. The molecular formula is C34H50BrN9O7. The number of carbonyl (C=O) groups is 5. The van der Waals surface area contributed by atoms with Gasteiger partial charge in [0.2, 0.25) is 29.5 Å². The topological polar surface area (TPSA) is 268 Å². The minimum absolute atomic E-state index is 0.0901. The SMILES string of the molecule is NC(=O)[C@H](CCCN=C(N)N)NC(=O)[C@H](Cc1ccc(Br)cc1)NC(=O)CCC(=O)NCCOCCOCCNC(=O)[C@@H](N)Cc1ccccc1. The number of hydrogen-bond acceptors (Lipinski definition) is 9. The summed E-state index contributed by atoms with van der Waals surface area (Å²) < 4.78 is 11.7. The van der Waals surface area contributed by atoms with Crippen molar-refractivity contribution < 1.29 is 33.4 Å². The Kier molecular flexibility index (Phi) is 20.5. The number of hydrogen-bond donors (Lipinski definition) is 8. The summed E-state index contributed by atoms with van der Waals surface area (Å²) >= 11 is 3.37. The van der Waals surface area contributed by atoms with Crippen LogP contribution in [-0.4, -0.2) is 99.7 Å². The maximum atomic E-state index is 13.2. The molecule has 3 atom stereocenters. The number of rotatable bonds is 25. The van der Waals surface area contributed by atoms with E-state index in [0.29, 0.717) is 32.6 Å².